The number of nitrogens with two attached hydrogens (primary N) is 1. The Morgan fingerprint density at radius 1 is 1.26 bits per heavy atom. The number of nitrogens with one attached hydrogen (secondary N) is 1. The second-order valence-electron chi connectivity index (χ2n) is 6.48. The normalized spacial score (nSPS) is 28.5. The van der Waals surface area contributed by atoms with Gasteiger partial charge in [0, 0.05) is 12.6 Å². The molecule has 1 heterocycles. The molecule has 2 aliphatic rings. The van der Waals surface area contributed by atoms with Crippen molar-refractivity contribution in [2.24, 2.45) is 11.7 Å². The van der Waals surface area contributed by atoms with Crippen LogP contribution in [0.15, 0.2) is 0 Å². The fourth-order valence-electron chi connectivity index (χ4n) is 3.57. The highest BCUT2D eigenvalue weighted by Gasteiger charge is 2.39. The lowest BCUT2D eigenvalue weighted by molar-refractivity contribution is -0.125. The molecule has 8 heteroatoms. The molecule has 0 bridgehead atoms. The second kappa shape index (κ2) is 9.20. The summed E-state index contributed by atoms with van der Waals surface area (Å²) < 4.78 is 26.2. The smallest absolute Gasteiger partial charge is 0.238 e. The van der Waals surface area contributed by atoms with Crippen molar-refractivity contribution in [2.75, 3.05) is 18.8 Å². The fraction of sp³-hybridized carbons (Fsp3) is 0.933. The number of halogens is 1. The molecule has 0 spiro atoms. The van der Waals surface area contributed by atoms with Gasteiger partial charge in [0.25, 0.3) is 0 Å². The number of sulfonamides is 1. The van der Waals surface area contributed by atoms with Gasteiger partial charge in [-0.3, -0.25) is 4.79 Å². The summed E-state index contributed by atoms with van der Waals surface area (Å²) in [4.78, 5) is 12.5. The van der Waals surface area contributed by atoms with Gasteiger partial charge in [0.15, 0.2) is 0 Å². The third-order valence-corrected chi connectivity index (χ3v) is 6.87. The van der Waals surface area contributed by atoms with E-state index in [1.165, 1.54) is 4.31 Å². The molecule has 1 amide bonds. The molecule has 6 nitrogen and oxygen atoms in total. The Labute approximate surface area is 146 Å². The Morgan fingerprint density at radius 2 is 2.00 bits per heavy atom. The summed E-state index contributed by atoms with van der Waals surface area (Å²) in [5.74, 6) is 0.334. The lowest BCUT2D eigenvalue weighted by Crippen LogP contribution is -2.50. The van der Waals surface area contributed by atoms with Crippen LogP contribution in [0.3, 0.4) is 0 Å². The molecular weight excluding hydrogens is 338 g/mol. The van der Waals surface area contributed by atoms with Crippen molar-refractivity contribution in [2.45, 2.75) is 64.0 Å². The van der Waals surface area contributed by atoms with Gasteiger partial charge in [-0.2, -0.15) is 4.31 Å². The van der Waals surface area contributed by atoms with Gasteiger partial charge in [-0.05, 0) is 44.6 Å². The van der Waals surface area contributed by atoms with E-state index >= 15 is 0 Å². The van der Waals surface area contributed by atoms with Gasteiger partial charge in [0.2, 0.25) is 15.9 Å². The SMILES string of the molecule is CCCCS(=O)(=O)N1CCCC1C(=O)NC1CCCC1CN.Cl. The van der Waals surface area contributed by atoms with Crippen molar-refractivity contribution in [3.05, 3.63) is 0 Å². The summed E-state index contributed by atoms with van der Waals surface area (Å²) in [6, 6.07) is -0.417. The van der Waals surface area contributed by atoms with Crippen molar-refractivity contribution < 1.29 is 13.2 Å². The lowest BCUT2D eigenvalue weighted by Gasteiger charge is -2.26. The Bertz CT molecular complexity index is 486. The molecule has 0 aromatic heterocycles. The molecule has 23 heavy (non-hydrogen) atoms. The zero-order chi connectivity index (χ0) is 16.2. The van der Waals surface area contributed by atoms with Crippen LogP contribution in [0.2, 0.25) is 0 Å². The maximum Gasteiger partial charge on any atom is 0.238 e. The van der Waals surface area contributed by atoms with E-state index in [1.54, 1.807) is 0 Å². The Hall–Kier alpha value is -0.370. The average molecular weight is 368 g/mol. The number of unbranched alkanes of at least 4 members (excludes halogenated alkanes) is 1. The minimum atomic E-state index is -3.32. The molecule has 0 radical (unpaired) electrons. The van der Waals surface area contributed by atoms with Crippen LogP contribution >= 0.6 is 12.4 Å². The summed E-state index contributed by atoms with van der Waals surface area (Å²) in [5, 5.41) is 3.05. The van der Waals surface area contributed by atoms with Crippen LogP contribution in [0.5, 0.6) is 0 Å². The maximum absolute atomic E-state index is 12.5. The molecule has 136 valence electrons. The van der Waals surface area contributed by atoms with Crippen LogP contribution in [0.25, 0.3) is 0 Å². The fourth-order valence-corrected chi connectivity index (χ4v) is 5.45. The highest BCUT2D eigenvalue weighted by molar-refractivity contribution is 7.89. The van der Waals surface area contributed by atoms with E-state index < -0.39 is 16.1 Å². The van der Waals surface area contributed by atoms with Crippen molar-refractivity contribution in [3.8, 4) is 0 Å². The second-order valence-corrected chi connectivity index (χ2v) is 8.52. The largest absolute Gasteiger partial charge is 0.352 e. The van der Waals surface area contributed by atoms with Crippen LogP contribution < -0.4 is 11.1 Å². The lowest BCUT2D eigenvalue weighted by atomic mass is 10.0. The third kappa shape index (κ3) is 5.05. The Morgan fingerprint density at radius 3 is 2.65 bits per heavy atom. The highest BCUT2D eigenvalue weighted by Crippen LogP contribution is 2.27. The summed E-state index contributed by atoms with van der Waals surface area (Å²) in [6.45, 7) is 3.01. The van der Waals surface area contributed by atoms with E-state index in [0.29, 0.717) is 31.8 Å². The number of hydrogen-bond donors (Lipinski definition) is 2. The van der Waals surface area contributed by atoms with Gasteiger partial charge >= 0.3 is 0 Å². The minimum absolute atomic E-state index is 0. The molecule has 2 rings (SSSR count). The van der Waals surface area contributed by atoms with Crippen LogP contribution in [0, 0.1) is 5.92 Å². The number of carbonyl (C=O) groups excluding carboxylic acids is 1. The highest BCUT2D eigenvalue weighted by atomic mass is 35.5. The summed E-state index contributed by atoms with van der Waals surface area (Å²) in [7, 11) is -3.32. The van der Waals surface area contributed by atoms with Crippen LogP contribution in [0.1, 0.15) is 51.9 Å². The van der Waals surface area contributed by atoms with Gasteiger partial charge < -0.3 is 11.1 Å². The first-order chi connectivity index (χ1) is 10.5. The molecule has 3 N–H and O–H groups in total. The minimum Gasteiger partial charge on any atom is -0.352 e. The predicted molar refractivity (Wildman–Crippen MR) is 94.0 cm³/mol. The quantitative estimate of drug-likeness (QED) is 0.708. The molecule has 2 fully saturated rings. The first-order valence-corrected chi connectivity index (χ1v) is 10.1. The van der Waals surface area contributed by atoms with E-state index in [1.807, 2.05) is 6.92 Å². The first-order valence-electron chi connectivity index (χ1n) is 8.49. The zero-order valence-corrected chi connectivity index (χ0v) is 15.5. The molecular formula is C15H30ClN3O3S. The van der Waals surface area contributed by atoms with E-state index in [9.17, 15) is 13.2 Å². The average Bonchev–Trinajstić information content (AvgIpc) is 3.13. The summed E-state index contributed by atoms with van der Waals surface area (Å²) in [5.41, 5.74) is 5.75. The number of rotatable bonds is 7. The molecule has 3 atom stereocenters. The predicted octanol–water partition coefficient (Wildman–Crippen LogP) is 1.25. The summed E-state index contributed by atoms with van der Waals surface area (Å²) >= 11 is 0. The van der Waals surface area contributed by atoms with E-state index in [0.717, 1.165) is 32.1 Å². The van der Waals surface area contributed by atoms with Gasteiger partial charge in [0.05, 0.1) is 5.75 Å². The van der Waals surface area contributed by atoms with Crippen LogP contribution in [-0.2, 0) is 14.8 Å². The molecule has 1 aliphatic heterocycles. The van der Waals surface area contributed by atoms with Crippen molar-refractivity contribution in [3.63, 3.8) is 0 Å². The topological polar surface area (TPSA) is 92.5 Å². The van der Waals surface area contributed by atoms with E-state index in [-0.39, 0.29) is 30.1 Å². The Kier molecular flexibility index (Phi) is 8.27. The number of carbonyl (C=O) groups is 1. The summed E-state index contributed by atoms with van der Waals surface area (Å²) in [6.07, 6.45) is 5.93. The van der Waals surface area contributed by atoms with Gasteiger partial charge in [0.1, 0.15) is 6.04 Å². The standard InChI is InChI=1S/C15H29N3O3S.ClH/c1-2-3-10-22(20,21)18-9-5-8-14(18)15(19)17-13-7-4-6-12(13)11-16;/h12-14H,2-11,16H2,1H3,(H,17,19);1H. The number of amides is 1. The molecule has 1 saturated heterocycles. The molecule has 0 aromatic rings. The Balaban J connectivity index is 0.00000264. The maximum atomic E-state index is 12.5. The van der Waals surface area contributed by atoms with Crippen molar-refractivity contribution in [1.29, 1.82) is 0 Å². The monoisotopic (exact) mass is 367 g/mol. The van der Waals surface area contributed by atoms with Crippen LogP contribution in [0.4, 0.5) is 0 Å². The van der Waals surface area contributed by atoms with Gasteiger partial charge in [-0.1, -0.05) is 19.8 Å². The van der Waals surface area contributed by atoms with Gasteiger partial charge in [-0.25, -0.2) is 8.42 Å². The molecule has 3 unspecified atom stereocenters. The van der Waals surface area contributed by atoms with E-state index in [2.05, 4.69) is 5.32 Å². The number of nitrogens with zero attached hydrogens (tertiary/aromatic N) is 1. The third-order valence-electron chi connectivity index (χ3n) is 4.91. The molecule has 1 saturated carbocycles. The molecule has 0 aromatic carbocycles. The van der Waals surface area contributed by atoms with Crippen LogP contribution in [-0.4, -0.2) is 49.6 Å². The zero-order valence-electron chi connectivity index (χ0n) is 13.9. The van der Waals surface area contributed by atoms with Gasteiger partial charge in [-0.15, -0.1) is 12.4 Å². The molecule has 1 aliphatic carbocycles. The van der Waals surface area contributed by atoms with Crippen molar-refractivity contribution in [1.82, 2.24) is 9.62 Å². The first kappa shape index (κ1) is 20.7. The number of hydrogen-bond acceptors (Lipinski definition) is 4. The van der Waals surface area contributed by atoms with E-state index in [4.69, 9.17) is 5.73 Å². The van der Waals surface area contributed by atoms with Crippen molar-refractivity contribution >= 4 is 28.3 Å².